The third-order valence-corrected chi connectivity index (χ3v) is 9.00. The summed E-state index contributed by atoms with van der Waals surface area (Å²) in [6, 6.07) is 17.4. The molecule has 34 heavy (non-hydrogen) atoms. The van der Waals surface area contributed by atoms with Gasteiger partial charge in [-0.1, -0.05) is 55.7 Å². The molecule has 4 heteroatoms. The smallest absolute Gasteiger partial charge is 0.150 e. The number of hydrogen-bond acceptors (Lipinski definition) is 4. The van der Waals surface area contributed by atoms with E-state index in [1.54, 1.807) is 0 Å². The lowest BCUT2D eigenvalue weighted by Crippen LogP contribution is -2.54. The van der Waals surface area contributed by atoms with Crippen LogP contribution in [-0.2, 0) is 4.74 Å². The normalized spacial score (nSPS) is 27.0. The molecule has 0 N–H and O–H groups in total. The number of carbonyl (C=O) groups is 1. The molecular formula is C30H40N2O2. The number of carbonyl (C=O) groups excluding carboxylic acids is 1. The van der Waals surface area contributed by atoms with Crippen molar-refractivity contribution in [1.29, 1.82) is 0 Å². The van der Waals surface area contributed by atoms with Crippen LogP contribution in [-0.4, -0.2) is 56.1 Å². The molecule has 0 amide bonds. The topological polar surface area (TPSA) is 32.8 Å². The number of aldehydes is 1. The molecule has 3 aliphatic rings. The molecule has 0 aromatic heterocycles. The first-order chi connectivity index (χ1) is 16.7. The molecule has 2 aromatic carbocycles. The summed E-state index contributed by atoms with van der Waals surface area (Å²) < 4.78 is 6.24. The predicted octanol–water partition coefficient (Wildman–Crippen LogP) is 6.20. The fraction of sp³-hybridized carbons (Fsp3) is 0.567. The minimum absolute atomic E-state index is 0.161. The van der Waals surface area contributed by atoms with Crippen LogP contribution < -0.4 is 4.90 Å². The summed E-state index contributed by atoms with van der Waals surface area (Å²) in [6.07, 6.45) is 12.9. The Balaban J connectivity index is 1.13. The standard InChI is InChI=1S/C30H40N2O2/c1-34-30(27-5-3-2-4-6-27)17-15-29(16-18-30)32-21-19-31(20-22-32)28-13-11-26(12-14-28)25-9-7-24(23-33)8-10-25/h7-14,23,27,29H,2-6,15-22H2,1H3. The van der Waals surface area contributed by atoms with Gasteiger partial charge in [0.2, 0.25) is 0 Å². The van der Waals surface area contributed by atoms with Crippen molar-refractivity contribution < 1.29 is 9.53 Å². The number of benzene rings is 2. The van der Waals surface area contributed by atoms with E-state index in [2.05, 4.69) is 34.1 Å². The molecule has 1 saturated heterocycles. The van der Waals surface area contributed by atoms with Gasteiger partial charge in [-0.25, -0.2) is 0 Å². The maximum Gasteiger partial charge on any atom is 0.150 e. The van der Waals surface area contributed by atoms with E-state index in [0.29, 0.717) is 0 Å². The molecule has 0 unspecified atom stereocenters. The van der Waals surface area contributed by atoms with E-state index >= 15 is 0 Å². The van der Waals surface area contributed by atoms with E-state index in [4.69, 9.17) is 4.74 Å². The van der Waals surface area contributed by atoms with Crippen molar-refractivity contribution >= 4 is 12.0 Å². The van der Waals surface area contributed by atoms with E-state index in [9.17, 15) is 4.79 Å². The van der Waals surface area contributed by atoms with Crippen LogP contribution in [0.1, 0.15) is 68.1 Å². The molecule has 2 aromatic rings. The van der Waals surface area contributed by atoms with Gasteiger partial charge in [-0.15, -0.1) is 0 Å². The lowest BCUT2D eigenvalue weighted by atomic mass is 9.68. The molecule has 1 aliphatic heterocycles. The van der Waals surface area contributed by atoms with Crippen molar-refractivity contribution in [3.05, 3.63) is 54.1 Å². The van der Waals surface area contributed by atoms with Crippen LogP contribution in [0.5, 0.6) is 0 Å². The quantitative estimate of drug-likeness (QED) is 0.481. The first kappa shape index (κ1) is 23.6. The van der Waals surface area contributed by atoms with Gasteiger partial charge in [0.25, 0.3) is 0 Å². The number of nitrogens with zero attached hydrogens (tertiary/aromatic N) is 2. The summed E-state index contributed by atoms with van der Waals surface area (Å²) in [5.41, 5.74) is 4.54. The Kier molecular flexibility index (Phi) is 7.36. The maximum absolute atomic E-state index is 10.9. The van der Waals surface area contributed by atoms with Gasteiger partial charge in [-0.3, -0.25) is 9.69 Å². The third kappa shape index (κ3) is 4.94. The van der Waals surface area contributed by atoms with Gasteiger partial charge in [0.05, 0.1) is 5.60 Å². The Labute approximate surface area is 205 Å². The second-order valence-electron chi connectivity index (χ2n) is 10.6. The van der Waals surface area contributed by atoms with Crippen molar-refractivity contribution in [2.24, 2.45) is 5.92 Å². The highest BCUT2D eigenvalue weighted by molar-refractivity contribution is 5.77. The number of piperazine rings is 1. The molecule has 1 heterocycles. The molecular weight excluding hydrogens is 420 g/mol. The summed E-state index contributed by atoms with van der Waals surface area (Å²) in [5, 5.41) is 0. The lowest BCUT2D eigenvalue weighted by Gasteiger charge is -2.49. The second-order valence-corrected chi connectivity index (χ2v) is 10.6. The van der Waals surface area contributed by atoms with E-state index < -0.39 is 0 Å². The molecule has 4 nitrogen and oxygen atoms in total. The van der Waals surface area contributed by atoms with Gasteiger partial charge in [0.15, 0.2) is 0 Å². The third-order valence-electron chi connectivity index (χ3n) is 9.00. The van der Waals surface area contributed by atoms with Gasteiger partial charge in [-0.05, 0) is 67.7 Å². The summed E-state index contributed by atoms with van der Waals surface area (Å²) >= 11 is 0. The first-order valence-corrected chi connectivity index (χ1v) is 13.4. The molecule has 182 valence electrons. The number of hydrogen-bond donors (Lipinski definition) is 0. The van der Waals surface area contributed by atoms with E-state index in [-0.39, 0.29) is 5.60 Å². The maximum atomic E-state index is 10.9. The fourth-order valence-electron chi connectivity index (χ4n) is 6.83. The Hall–Kier alpha value is -2.17. The largest absolute Gasteiger partial charge is 0.378 e. The highest BCUT2D eigenvalue weighted by atomic mass is 16.5. The summed E-state index contributed by atoms with van der Waals surface area (Å²) in [6.45, 7) is 4.51. The fourth-order valence-corrected chi connectivity index (χ4v) is 6.83. The molecule has 0 spiro atoms. The van der Waals surface area contributed by atoms with Crippen molar-refractivity contribution in [1.82, 2.24) is 4.90 Å². The van der Waals surface area contributed by atoms with Gasteiger partial charge in [-0.2, -0.15) is 0 Å². The zero-order valence-electron chi connectivity index (χ0n) is 20.8. The van der Waals surface area contributed by atoms with Crippen LogP contribution in [0.4, 0.5) is 5.69 Å². The van der Waals surface area contributed by atoms with Crippen LogP contribution in [0.2, 0.25) is 0 Å². The summed E-state index contributed by atoms with van der Waals surface area (Å²) in [7, 11) is 1.97. The lowest BCUT2D eigenvalue weighted by molar-refractivity contribution is -0.105. The highest BCUT2D eigenvalue weighted by Crippen LogP contribution is 2.44. The van der Waals surface area contributed by atoms with Crippen molar-refractivity contribution in [3.8, 4) is 11.1 Å². The number of rotatable bonds is 6. The number of anilines is 1. The van der Waals surface area contributed by atoms with Gasteiger partial charge >= 0.3 is 0 Å². The Morgan fingerprint density at radius 3 is 1.94 bits per heavy atom. The zero-order chi connectivity index (χ0) is 23.4. The Morgan fingerprint density at radius 1 is 0.794 bits per heavy atom. The monoisotopic (exact) mass is 460 g/mol. The van der Waals surface area contributed by atoms with E-state index in [0.717, 1.165) is 55.6 Å². The highest BCUT2D eigenvalue weighted by Gasteiger charge is 2.43. The number of methoxy groups -OCH3 is 1. The van der Waals surface area contributed by atoms with Gasteiger partial charge in [0.1, 0.15) is 6.29 Å². The molecule has 3 fully saturated rings. The Bertz CT molecular complexity index is 917. The van der Waals surface area contributed by atoms with Crippen molar-refractivity contribution in [2.45, 2.75) is 69.4 Å². The van der Waals surface area contributed by atoms with Crippen LogP contribution >= 0.6 is 0 Å². The van der Waals surface area contributed by atoms with Crippen LogP contribution in [0.25, 0.3) is 11.1 Å². The molecule has 5 rings (SSSR count). The minimum Gasteiger partial charge on any atom is -0.378 e. The molecule has 2 saturated carbocycles. The molecule has 0 radical (unpaired) electrons. The molecule has 0 atom stereocenters. The van der Waals surface area contributed by atoms with Crippen LogP contribution in [0.3, 0.4) is 0 Å². The van der Waals surface area contributed by atoms with Gasteiger partial charge in [0, 0.05) is 50.6 Å². The molecule has 0 bridgehead atoms. The average molecular weight is 461 g/mol. The second kappa shape index (κ2) is 10.6. The van der Waals surface area contributed by atoms with E-state index in [1.165, 1.54) is 69.0 Å². The minimum atomic E-state index is 0.161. The Morgan fingerprint density at radius 2 is 1.38 bits per heavy atom. The van der Waals surface area contributed by atoms with Crippen LogP contribution in [0, 0.1) is 5.92 Å². The van der Waals surface area contributed by atoms with Crippen LogP contribution in [0.15, 0.2) is 48.5 Å². The average Bonchev–Trinajstić information content (AvgIpc) is 2.94. The zero-order valence-corrected chi connectivity index (χ0v) is 20.8. The predicted molar refractivity (Wildman–Crippen MR) is 140 cm³/mol. The van der Waals surface area contributed by atoms with Crippen molar-refractivity contribution in [3.63, 3.8) is 0 Å². The first-order valence-electron chi connectivity index (χ1n) is 13.4. The van der Waals surface area contributed by atoms with Crippen molar-refractivity contribution in [2.75, 3.05) is 38.2 Å². The van der Waals surface area contributed by atoms with E-state index in [1.807, 2.05) is 31.4 Å². The molecule has 2 aliphatic carbocycles. The van der Waals surface area contributed by atoms with Gasteiger partial charge < -0.3 is 9.64 Å². The summed E-state index contributed by atoms with van der Waals surface area (Å²) in [4.78, 5) is 16.2. The SMILES string of the molecule is COC1(C2CCCCC2)CCC(N2CCN(c3ccc(-c4ccc(C=O)cc4)cc3)CC2)CC1. The summed E-state index contributed by atoms with van der Waals surface area (Å²) in [5.74, 6) is 0.787. The number of ether oxygens (including phenoxy) is 1.